The van der Waals surface area contributed by atoms with Crippen LogP contribution in [0.5, 0.6) is 5.75 Å². The summed E-state index contributed by atoms with van der Waals surface area (Å²) in [6.45, 7) is 4.38. The topological polar surface area (TPSA) is 20.2 Å². The van der Waals surface area contributed by atoms with Gasteiger partial charge in [0.25, 0.3) is 0 Å². The molecule has 2 aliphatic rings. The van der Waals surface area contributed by atoms with Gasteiger partial charge >= 0.3 is 0 Å². The Balaban J connectivity index is 1.87. The number of hydrogen-bond acceptors (Lipinski definition) is 1. The predicted molar refractivity (Wildman–Crippen MR) is 122 cm³/mol. The molecule has 0 heterocycles. The zero-order valence-corrected chi connectivity index (χ0v) is 16.9. The van der Waals surface area contributed by atoms with Crippen LogP contribution in [0.2, 0.25) is 0 Å². The Morgan fingerprint density at radius 2 is 1.14 bits per heavy atom. The molecule has 1 unspecified atom stereocenters. The molecule has 2 heteroatoms. The standard InChI is InChI=1S/C27H21BO/c1-15-11-19-17-7-3-5-9-21(17)27(23(19)12-16(15)2)22-10-6-4-8-18(22)20-13-25(28)26(29)14-24(20)27/h3-14,29H,28H2,1-2H3. The molecule has 0 radical (unpaired) electrons. The van der Waals surface area contributed by atoms with Gasteiger partial charge in [-0.2, -0.15) is 0 Å². The number of fused-ring (bicyclic) bond motifs is 10. The van der Waals surface area contributed by atoms with E-state index in [2.05, 4.69) is 80.6 Å². The third kappa shape index (κ3) is 1.87. The second-order valence-corrected chi connectivity index (χ2v) is 8.51. The summed E-state index contributed by atoms with van der Waals surface area (Å²) < 4.78 is 0. The van der Waals surface area contributed by atoms with Gasteiger partial charge in [0.05, 0.1) is 5.41 Å². The molecule has 1 atom stereocenters. The second-order valence-electron chi connectivity index (χ2n) is 8.51. The lowest BCUT2D eigenvalue weighted by atomic mass is 9.70. The number of aromatic hydroxyl groups is 1. The van der Waals surface area contributed by atoms with Crippen molar-refractivity contribution >= 4 is 13.3 Å². The summed E-state index contributed by atoms with van der Waals surface area (Å²) in [5.74, 6) is 0.366. The molecule has 0 saturated heterocycles. The summed E-state index contributed by atoms with van der Waals surface area (Å²) in [5.41, 5.74) is 13.4. The molecule has 0 amide bonds. The fraction of sp³-hybridized carbons (Fsp3) is 0.111. The fourth-order valence-electron chi connectivity index (χ4n) is 5.54. The third-order valence-corrected chi connectivity index (χ3v) is 7.02. The smallest absolute Gasteiger partial charge is 0.144 e. The van der Waals surface area contributed by atoms with Crippen molar-refractivity contribution in [1.82, 2.24) is 0 Å². The highest BCUT2D eigenvalue weighted by Crippen LogP contribution is 2.63. The molecule has 4 aromatic carbocycles. The monoisotopic (exact) mass is 372 g/mol. The summed E-state index contributed by atoms with van der Waals surface area (Å²) in [6, 6.07) is 26.4. The minimum atomic E-state index is -0.374. The maximum absolute atomic E-state index is 10.7. The number of phenolic OH excluding ortho intramolecular Hbond substituents is 1. The highest BCUT2D eigenvalue weighted by molar-refractivity contribution is 6.34. The van der Waals surface area contributed by atoms with E-state index in [1.54, 1.807) is 0 Å². The van der Waals surface area contributed by atoms with Crippen LogP contribution in [0.15, 0.2) is 72.8 Å². The van der Waals surface area contributed by atoms with Crippen LogP contribution in [0.4, 0.5) is 0 Å². The number of rotatable bonds is 0. The van der Waals surface area contributed by atoms with Crippen LogP contribution < -0.4 is 5.46 Å². The Hall–Kier alpha value is -3.26. The van der Waals surface area contributed by atoms with E-state index in [-0.39, 0.29) is 5.41 Å². The van der Waals surface area contributed by atoms with Crippen LogP contribution in [0.1, 0.15) is 33.4 Å². The van der Waals surface area contributed by atoms with Crippen molar-refractivity contribution in [3.8, 4) is 28.0 Å². The van der Waals surface area contributed by atoms with Gasteiger partial charge in [-0.3, -0.25) is 0 Å². The maximum Gasteiger partial charge on any atom is 0.144 e. The summed E-state index contributed by atoms with van der Waals surface area (Å²) in [6.07, 6.45) is 0. The van der Waals surface area contributed by atoms with Crippen molar-refractivity contribution in [3.63, 3.8) is 0 Å². The second kappa shape index (κ2) is 5.42. The molecule has 0 aromatic heterocycles. The molecule has 1 spiro atoms. The van der Waals surface area contributed by atoms with Crippen molar-refractivity contribution in [1.29, 1.82) is 0 Å². The Bertz CT molecular complexity index is 1240. The molecular weight excluding hydrogens is 351 g/mol. The molecule has 0 saturated carbocycles. The van der Waals surface area contributed by atoms with Gasteiger partial charge in [-0.25, -0.2) is 0 Å². The van der Waals surface area contributed by atoms with Crippen LogP contribution >= 0.6 is 0 Å². The lowest BCUT2D eigenvalue weighted by Crippen LogP contribution is -2.26. The predicted octanol–water partition coefficient (Wildman–Crippen LogP) is 4.61. The van der Waals surface area contributed by atoms with Gasteiger partial charge in [-0.05, 0) is 81.0 Å². The maximum atomic E-state index is 10.7. The zero-order valence-electron chi connectivity index (χ0n) is 16.9. The normalized spacial score (nSPS) is 17.7. The first kappa shape index (κ1) is 16.7. The van der Waals surface area contributed by atoms with Crippen LogP contribution in [0.3, 0.4) is 0 Å². The fourth-order valence-corrected chi connectivity index (χ4v) is 5.54. The molecular formula is C27H21BO. The van der Waals surface area contributed by atoms with Gasteiger partial charge in [-0.1, -0.05) is 66.7 Å². The molecule has 1 N–H and O–H groups in total. The van der Waals surface area contributed by atoms with Crippen LogP contribution in [-0.4, -0.2) is 13.0 Å². The van der Waals surface area contributed by atoms with Crippen molar-refractivity contribution < 1.29 is 5.11 Å². The van der Waals surface area contributed by atoms with Crippen molar-refractivity contribution in [3.05, 3.63) is 106 Å². The van der Waals surface area contributed by atoms with E-state index in [0.717, 1.165) is 5.46 Å². The van der Waals surface area contributed by atoms with E-state index in [1.165, 1.54) is 55.6 Å². The molecule has 2 aliphatic carbocycles. The van der Waals surface area contributed by atoms with Crippen LogP contribution in [0, 0.1) is 13.8 Å². The van der Waals surface area contributed by atoms with Crippen LogP contribution in [0.25, 0.3) is 22.3 Å². The number of hydrogen-bond donors (Lipinski definition) is 1. The lowest BCUT2D eigenvalue weighted by Gasteiger charge is -2.31. The van der Waals surface area contributed by atoms with Crippen molar-refractivity contribution in [2.75, 3.05) is 0 Å². The molecule has 138 valence electrons. The third-order valence-electron chi connectivity index (χ3n) is 7.02. The van der Waals surface area contributed by atoms with Gasteiger partial charge in [-0.15, -0.1) is 0 Å². The van der Waals surface area contributed by atoms with Gasteiger partial charge in [0.15, 0.2) is 0 Å². The minimum Gasteiger partial charge on any atom is -0.509 e. The largest absolute Gasteiger partial charge is 0.509 e. The number of phenols is 1. The van der Waals surface area contributed by atoms with Crippen LogP contribution in [-0.2, 0) is 5.41 Å². The van der Waals surface area contributed by atoms with Gasteiger partial charge in [0.1, 0.15) is 13.6 Å². The molecule has 0 aliphatic heterocycles. The molecule has 29 heavy (non-hydrogen) atoms. The van der Waals surface area contributed by atoms with E-state index in [1.807, 2.05) is 13.9 Å². The van der Waals surface area contributed by atoms with Crippen molar-refractivity contribution in [2.24, 2.45) is 0 Å². The summed E-state index contributed by atoms with van der Waals surface area (Å²) >= 11 is 0. The minimum absolute atomic E-state index is 0.366. The molecule has 6 rings (SSSR count). The first-order chi connectivity index (χ1) is 14.0. The number of benzene rings is 4. The average Bonchev–Trinajstić information content (AvgIpc) is 3.16. The highest BCUT2D eigenvalue weighted by atomic mass is 16.3. The molecule has 1 nitrogen and oxygen atoms in total. The summed E-state index contributed by atoms with van der Waals surface area (Å²) in [7, 11) is 1.98. The SMILES string of the molecule is Bc1cc2c(cc1O)C1(c3ccccc3-c3cc(C)c(C)cc31)c1ccccc1-2. The summed E-state index contributed by atoms with van der Waals surface area (Å²) in [4.78, 5) is 0. The molecule has 0 fully saturated rings. The lowest BCUT2D eigenvalue weighted by molar-refractivity contribution is 0.478. The highest BCUT2D eigenvalue weighted by Gasteiger charge is 2.51. The van der Waals surface area contributed by atoms with Crippen molar-refractivity contribution in [2.45, 2.75) is 19.3 Å². The van der Waals surface area contributed by atoms with Gasteiger partial charge < -0.3 is 5.11 Å². The van der Waals surface area contributed by atoms with Gasteiger partial charge in [0.2, 0.25) is 0 Å². The Kier molecular flexibility index (Phi) is 3.12. The zero-order chi connectivity index (χ0) is 19.9. The first-order valence-electron chi connectivity index (χ1n) is 10.2. The molecule has 0 bridgehead atoms. The Morgan fingerprint density at radius 3 is 1.79 bits per heavy atom. The van der Waals surface area contributed by atoms with E-state index in [9.17, 15) is 5.11 Å². The van der Waals surface area contributed by atoms with E-state index in [4.69, 9.17) is 0 Å². The van der Waals surface area contributed by atoms with E-state index >= 15 is 0 Å². The number of aryl methyl sites for hydroxylation is 2. The quantitative estimate of drug-likeness (QED) is 0.386. The Morgan fingerprint density at radius 1 is 0.621 bits per heavy atom. The van der Waals surface area contributed by atoms with E-state index in [0.29, 0.717) is 5.75 Å². The van der Waals surface area contributed by atoms with E-state index < -0.39 is 0 Å². The van der Waals surface area contributed by atoms with Gasteiger partial charge in [0, 0.05) is 0 Å². The molecule has 4 aromatic rings. The Labute approximate surface area is 172 Å². The first-order valence-corrected chi connectivity index (χ1v) is 10.2. The average molecular weight is 372 g/mol. The summed E-state index contributed by atoms with van der Waals surface area (Å²) in [5, 5.41) is 10.7.